The van der Waals surface area contributed by atoms with Gasteiger partial charge in [-0.05, 0) is 36.8 Å². The Morgan fingerprint density at radius 2 is 2.00 bits per heavy atom. The predicted octanol–water partition coefficient (Wildman–Crippen LogP) is 2.95. The zero-order chi connectivity index (χ0) is 11.4. The van der Waals surface area contributed by atoms with Crippen LogP contribution in [0.1, 0.15) is 24.4 Å². The molecule has 0 spiro atoms. The van der Waals surface area contributed by atoms with E-state index in [2.05, 4.69) is 5.32 Å². The van der Waals surface area contributed by atoms with Crippen molar-refractivity contribution >= 4 is 5.69 Å². The number of anilines is 1. The van der Waals surface area contributed by atoms with Gasteiger partial charge in [-0.3, -0.25) is 0 Å². The van der Waals surface area contributed by atoms with E-state index < -0.39 is 6.10 Å². The van der Waals surface area contributed by atoms with Crippen molar-refractivity contribution in [1.29, 1.82) is 0 Å². The Balaban J connectivity index is 1.95. The number of rotatable bonds is 4. The summed E-state index contributed by atoms with van der Waals surface area (Å²) in [5, 5.41) is 12.6. The molecule has 2 rings (SSSR count). The van der Waals surface area contributed by atoms with E-state index in [0.29, 0.717) is 6.54 Å². The van der Waals surface area contributed by atoms with Gasteiger partial charge in [0, 0.05) is 5.69 Å². The number of hydrogen-bond donors (Lipinski definition) is 2. The molecule has 0 fully saturated rings. The molecule has 1 atom stereocenters. The van der Waals surface area contributed by atoms with Crippen LogP contribution in [0.25, 0.3) is 0 Å². The van der Waals surface area contributed by atoms with E-state index in [0.717, 1.165) is 17.0 Å². The Morgan fingerprint density at radius 3 is 2.56 bits per heavy atom. The van der Waals surface area contributed by atoms with Gasteiger partial charge in [-0.25, -0.2) is 0 Å². The molecule has 84 valence electrons. The first-order valence-corrected chi connectivity index (χ1v) is 5.30. The highest BCUT2D eigenvalue weighted by molar-refractivity contribution is 5.45. The van der Waals surface area contributed by atoms with Gasteiger partial charge in [-0.2, -0.15) is 0 Å². The second-order valence-electron chi connectivity index (χ2n) is 3.73. The Hall–Kier alpha value is -1.74. The first-order valence-electron chi connectivity index (χ1n) is 5.30. The molecule has 3 heteroatoms. The SMILES string of the molecule is CC(O)c1ccc(NCc2ccco2)cc1. The molecule has 1 unspecified atom stereocenters. The molecule has 2 aromatic rings. The van der Waals surface area contributed by atoms with E-state index >= 15 is 0 Å². The minimum Gasteiger partial charge on any atom is -0.467 e. The van der Waals surface area contributed by atoms with E-state index in [9.17, 15) is 5.11 Å². The predicted molar refractivity (Wildman–Crippen MR) is 63.1 cm³/mol. The van der Waals surface area contributed by atoms with Crippen molar-refractivity contribution in [2.45, 2.75) is 19.6 Å². The third-order valence-electron chi connectivity index (χ3n) is 2.44. The zero-order valence-electron chi connectivity index (χ0n) is 9.18. The lowest BCUT2D eigenvalue weighted by molar-refractivity contribution is 0.199. The summed E-state index contributed by atoms with van der Waals surface area (Å²) in [4.78, 5) is 0. The third-order valence-corrected chi connectivity index (χ3v) is 2.44. The Morgan fingerprint density at radius 1 is 1.25 bits per heavy atom. The van der Waals surface area contributed by atoms with Crippen LogP contribution >= 0.6 is 0 Å². The molecule has 0 bridgehead atoms. The second kappa shape index (κ2) is 4.86. The van der Waals surface area contributed by atoms with Gasteiger partial charge in [0.25, 0.3) is 0 Å². The monoisotopic (exact) mass is 217 g/mol. The highest BCUT2D eigenvalue weighted by Gasteiger charge is 2.00. The summed E-state index contributed by atoms with van der Waals surface area (Å²) in [7, 11) is 0. The van der Waals surface area contributed by atoms with Crippen molar-refractivity contribution in [2.75, 3.05) is 5.32 Å². The van der Waals surface area contributed by atoms with E-state index in [1.165, 1.54) is 0 Å². The van der Waals surface area contributed by atoms with Gasteiger partial charge in [-0.15, -0.1) is 0 Å². The number of hydrogen-bond acceptors (Lipinski definition) is 3. The number of nitrogens with one attached hydrogen (secondary N) is 1. The molecule has 0 aliphatic carbocycles. The maximum Gasteiger partial charge on any atom is 0.122 e. The lowest BCUT2D eigenvalue weighted by Crippen LogP contribution is -1.98. The number of benzene rings is 1. The average molecular weight is 217 g/mol. The molecule has 16 heavy (non-hydrogen) atoms. The lowest BCUT2D eigenvalue weighted by atomic mass is 10.1. The van der Waals surface area contributed by atoms with Crippen LogP contribution in [0, 0.1) is 0 Å². The summed E-state index contributed by atoms with van der Waals surface area (Å²) in [6.45, 7) is 2.42. The van der Waals surface area contributed by atoms with E-state index in [-0.39, 0.29) is 0 Å². The van der Waals surface area contributed by atoms with Gasteiger partial charge in [0.05, 0.1) is 18.9 Å². The van der Waals surface area contributed by atoms with Gasteiger partial charge < -0.3 is 14.8 Å². The first kappa shape index (κ1) is 10.8. The molecule has 0 saturated heterocycles. The molecule has 1 aromatic carbocycles. The Kier molecular flexibility index (Phi) is 3.27. The van der Waals surface area contributed by atoms with Crippen molar-refractivity contribution in [3.63, 3.8) is 0 Å². The largest absolute Gasteiger partial charge is 0.467 e. The van der Waals surface area contributed by atoms with Crippen molar-refractivity contribution in [2.24, 2.45) is 0 Å². The fourth-order valence-corrected chi connectivity index (χ4v) is 1.48. The van der Waals surface area contributed by atoms with Crippen LogP contribution in [0.5, 0.6) is 0 Å². The van der Waals surface area contributed by atoms with Crippen LogP contribution in [0.3, 0.4) is 0 Å². The summed E-state index contributed by atoms with van der Waals surface area (Å²) < 4.78 is 5.21. The zero-order valence-corrected chi connectivity index (χ0v) is 9.18. The number of furan rings is 1. The Labute approximate surface area is 94.7 Å². The van der Waals surface area contributed by atoms with Gasteiger partial charge in [-0.1, -0.05) is 12.1 Å². The van der Waals surface area contributed by atoms with E-state index in [1.54, 1.807) is 13.2 Å². The maximum atomic E-state index is 9.36. The highest BCUT2D eigenvalue weighted by atomic mass is 16.3. The molecule has 1 aromatic heterocycles. The molecule has 0 aliphatic rings. The summed E-state index contributed by atoms with van der Waals surface area (Å²) in [5.74, 6) is 0.902. The smallest absolute Gasteiger partial charge is 0.122 e. The molecule has 0 radical (unpaired) electrons. The summed E-state index contributed by atoms with van der Waals surface area (Å²) in [6, 6.07) is 11.5. The van der Waals surface area contributed by atoms with Crippen molar-refractivity contribution in [3.05, 3.63) is 54.0 Å². The summed E-state index contributed by atoms with van der Waals surface area (Å²) >= 11 is 0. The van der Waals surface area contributed by atoms with Crippen LogP contribution in [0.15, 0.2) is 47.1 Å². The van der Waals surface area contributed by atoms with Crippen LogP contribution in [-0.4, -0.2) is 5.11 Å². The standard InChI is InChI=1S/C13H15NO2/c1-10(15)11-4-6-12(7-5-11)14-9-13-3-2-8-16-13/h2-8,10,14-15H,9H2,1H3. The van der Waals surface area contributed by atoms with Crippen LogP contribution in [-0.2, 0) is 6.54 Å². The maximum absolute atomic E-state index is 9.36. The van der Waals surface area contributed by atoms with Crippen LogP contribution in [0.4, 0.5) is 5.69 Å². The quantitative estimate of drug-likeness (QED) is 0.827. The normalized spacial score (nSPS) is 12.4. The molecule has 0 aliphatic heterocycles. The molecular formula is C13H15NO2. The fraction of sp³-hybridized carbons (Fsp3) is 0.231. The first-order chi connectivity index (χ1) is 7.75. The number of aliphatic hydroxyl groups is 1. The molecule has 0 amide bonds. The highest BCUT2D eigenvalue weighted by Crippen LogP contribution is 2.16. The third kappa shape index (κ3) is 2.64. The average Bonchev–Trinajstić information content (AvgIpc) is 2.80. The summed E-state index contributed by atoms with van der Waals surface area (Å²) in [6.07, 6.45) is 1.24. The molecule has 1 heterocycles. The Bertz CT molecular complexity index is 418. The molecular weight excluding hydrogens is 202 g/mol. The van der Waals surface area contributed by atoms with Crippen LogP contribution < -0.4 is 5.32 Å². The van der Waals surface area contributed by atoms with E-state index in [1.807, 2.05) is 36.4 Å². The van der Waals surface area contributed by atoms with Gasteiger partial charge in [0.1, 0.15) is 5.76 Å². The lowest BCUT2D eigenvalue weighted by Gasteiger charge is -2.07. The molecule has 3 nitrogen and oxygen atoms in total. The minimum atomic E-state index is -0.417. The van der Waals surface area contributed by atoms with Gasteiger partial charge >= 0.3 is 0 Å². The van der Waals surface area contributed by atoms with Crippen LogP contribution in [0.2, 0.25) is 0 Å². The molecule has 0 saturated carbocycles. The number of aliphatic hydroxyl groups excluding tert-OH is 1. The van der Waals surface area contributed by atoms with Gasteiger partial charge in [0.2, 0.25) is 0 Å². The van der Waals surface area contributed by atoms with Gasteiger partial charge in [0.15, 0.2) is 0 Å². The fourth-order valence-electron chi connectivity index (χ4n) is 1.48. The topological polar surface area (TPSA) is 45.4 Å². The van der Waals surface area contributed by atoms with E-state index in [4.69, 9.17) is 4.42 Å². The summed E-state index contributed by atoms with van der Waals surface area (Å²) in [5.41, 5.74) is 1.93. The second-order valence-corrected chi connectivity index (χ2v) is 3.73. The van der Waals surface area contributed by atoms with Crippen molar-refractivity contribution in [1.82, 2.24) is 0 Å². The van der Waals surface area contributed by atoms with Crippen molar-refractivity contribution < 1.29 is 9.52 Å². The molecule has 2 N–H and O–H groups in total. The minimum absolute atomic E-state index is 0.417. The van der Waals surface area contributed by atoms with Crippen molar-refractivity contribution in [3.8, 4) is 0 Å².